The Labute approximate surface area is 112 Å². The number of esters is 1. The van der Waals surface area contributed by atoms with Gasteiger partial charge in [0.2, 0.25) is 0 Å². The minimum Gasteiger partial charge on any atom is -0.466 e. The average Bonchev–Trinajstić information content (AvgIpc) is 2.25. The fraction of sp³-hybridized carbons (Fsp3) is 0.455. The number of hydrogen-bond acceptors (Lipinski definition) is 3. The summed E-state index contributed by atoms with van der Waals surface area (Å²) in [7, 11) is 0. The van der Waals surface area contributed by atoms with E-state index in [0.717, 1.165) is 0 Å². The summed E-state index contributed by atoms with van der Waals surface area (Å²) in [6.45, 7) is 3.72. The number of pyridine rings is 1. The van der Waals surface area contributed by atoms with E-state index in [1.54, 1.807) is 13.8 Å². The van der Waals surface area contributed by atoms with Gasteiger partial charge in [-0.25, -0.2) is 8.78 Å². The summed E-state index contributed by atoms with van der Waals surface area (Å²) in [6, 6.07) is 0. The molecule has 0 fully saturated rings. The molecular formula is C11H12F2INO2. The predicted octanol–water partition coefficient (Wildman–Crippen LogP) is 3.04. The van der Waals surface area contributed by atoms with E-state index in [0.29, 0.717) is 21.3 Å². The quantitative estimate of drug-likeness (QED) is 0.616. The molecule has 0 aromatic carbocycles. The van der Waals surface area contributed by atoms with Gasteiger partial charge in [0.15, 0.2) is 0 Å². The topological polar surface area (TPSA) is 39.2 Å². The zero-order chi connectivity index (χ0) is 13.0. The van der Waals surface area contributed by atoms with Crippen LogP contribution in [0.3, 0.4) is 0 Å². The van der Waals surface area contributed by atoms with Crippen molar-refractivity contribution in [3.8, 4) is 0 Å². The molecule has 1 rings (SSSR count). The van der Waals surface area contributed by atoms with Gasteiger partial charge in [0.1, 0.15) is 5.69 Å². The van der Waals surface area contributed by atoms with Crippen molar-refractivity contribution in [2.45, 2.75) is 26.7 Å². The van der Waals surface area contributed by atoms with Crippen LogP contribution in [0.4, 0.5) is 8.78 Å². The summed E-state index contributed by atoms with van der Waals surface area (Å²) in [5.41, 5.74) is 1.04. The molecule has 1 heterocycles. The largest absolute Gasteiger partial charge is 0.466 e. The molecule has 0 aliphatic rings. The van der Waals surface area contributed by atoms with E-state index in [-0.39, 0.29) is 18.1 Å². The molecule has 0 aliphatic heterocycles. The van der Waals surface area contributed by atoms with Crippen LogP contribution >= 0.6 is 22.6 Å². The van der Waals surface area contributed by atoms with Crippen LogP contribution in [0.15, 0.2) is 6.20 Å². The lowest BCUT2D eigenvalue weighted by Crippen LogP contribution is -2.10. The highest BCUT2D eigenvalue weighted by Gasteiger charge is 2.18. The molecule has 0 saturated heterocycles. The van der Waals surface area contributed by atoms with Gasteiger partial charge in [0, 0.05) is 9.77 Å². The van der Waals surface area contributed by atoms with Crippen LogP contribution in [0.2, 0.25) is 0 Å². The van der Waals surface area contributed by atoms with Crippen molar-refractivity contribution in [1.29, 1.82) is 0 Å². The van der Waals surface area contributed by atoms with Gasteiger partial charge >= 0.3 is 5.97 Å². The number of carbonyl (C=O) groups is 1. The van der Waals surface area contributed by atoms with Crippen molar-refractivity contribution in [3.63, 3.8) is 0 Å². The van der Waals surface area contributed by atoms with E-state index in [9.17, 15) is 13.6 Å². The second kappa shape index (κ2) is 6.23. The molecule has 0 unspecified atom stereocenters. The smallest absolute Gasteiger partial charge is 0.310 e. The number of rotatable bonds is 4. The molecule has 6 heteroatoms. The zero-order valence-electron chi connectivity index (χ0n) is 9.47. The highest BCUT2D eigenvalue weighted by Crippen LogP contribution is 2.26. The first kappa shape index (κ1) is 14.3. The summed E-state index contributed by atoms with van der Waals surface area (Å²) in [6.07, 6.45) is -1.22. The Morgan fingerprint density at radius 3 is 2.76 bits per heavy atom. The monoisotopic (exact) mass is 355 g/mol. The van der Waals surface area contributed by atoms with Crippen LogP contribution in [0, 0.1) is 10.5 Å². The lowest BCUT2D eigenvalue weighted by Gasteiger charge is -2.10. The van der Waals surface area contributed by atoms with Crippen LogP contribution in [-0.4, -0.2) is 17.6 Å². The Kier molecular flexibility index (Phi) is 5.23. The lowest BCUT2D eigenvalue weighted by atomic mass is 10.1. The van der Waals surface area contributed by atoms with Gasteiger partial charge in [-0.3, -0.25) is 9.78 Å². The predicted molar refractivity (Wildman–Crippen MR) is 67.0 cm³/mol. The number of carbonyl (C=O) groups excluding carboxylic acids is 1. The fourth-order valence-electron chi connectivity index (χ4n) is 1.33. The minimum absolute atomic E-state index is 0.0617. The molecule has 0 saturated carbocycles. The van der Waals surface area contributed by atoms with E-state index < -0.39 is 6.43 Å². The molecule has 94 valence electrons. The number of nitrogens with zero attached hydrogens (tertiary/aromatic N) is 1. The molecule has 0 atom stereocenters. The molecule has 3 nitrogen and oxygen atoms in total. The van der Waals surface area contributed by atoms with Gasteiger partial charge in [-0.05, 0) is 47.6 Å². The summed E-state index contributed by atoms with van der Waals surface area (Å²) in [5, 5.41) is 0. The molecule has 0 aliphatic carbocycles. The van der Waals surface area contributed by atoms with Crippen LogP contribution in [0.25, 0.3) is 0 Å². The van der Waals surface area contributed by atoms with Crippen LogP contribution < -0.4 is 0 Å². The third-order valence-electron chi connectivity index (χ3n) is 2.24. The Morgan fingerprint density at radius 2 is 2.24 bits per heavy atom. The van der Waals surface area contributed by atoms with Crippen LogP contribution in [0.5, 0.6) is 0 Å². The van der Waals surface area contributed by atoms with Crippen molar-refractivity contribution in [2.24, 2.45) is 0 Å². The van der Waals surface area contributed by atoms with Crippen LogP contribution in [0.1, 0.15) is 30.2 Å². The third kappa shape index (κ3) is 3.58. The summed E-state index contributed by atoms with van der Waals surface area (Å²) >= 11 is 1.82. The maximum Gasteiger partial charge on any atom is 0.310 e. The van der Waals surface area contributed by atoms with Gasteiger partial charge in [0.25, 0.3) is 6.43 Å². The van der Waals surface area contributed by atoms with E-state index in [2.05, 4.69) is 4.98 Å². The first-order chi connectivity index (χ1) is 7.97. The third-order valence-corrected chi connectivity index (χ3v) is 3.60. The lowest BCUT2D eigenvalue weighted by molar-refractivity contribution is -0.142. The van der Waals surface area contributed by atoms with Gasteiger partial charge < -0.3 is 4.74 Å². The second-order valence-corrected chi connectivity index (χ2v) is 4.47. The standard InChI is InChI=1S/C11H12F2INO2/c1-3-17-8(16)4-7-5-15-10(11(12)13)9(14)6(7)2/h5,11H,3-4H2,1-2H3. The SMILES string of the molecule is CCOC(=O)Cc1cnc(C(F)F)c(I)c1C. The van der Waals surface area contributed by atoms with Gasteiger partial charge in [-0.1, -0.05) is 0 Å². The fourth-order valence-corrected chi connectivity index (χ4v) is 2.05. The number of aromatic nitrogens is 1. The summed E-state index contributed by atoms with van der Waals surface area (Å²) < 4.78 is 30.3. The maximum atomic E-state index is 12.6. The van der Waals surface area contributed by atoms with Gasteiger partial charge in [-0.15, -0.1) is 0 Å². The molecule has 1 aromatic rings. The van der Waals surface area contributed by atoms with Crippen molar-refractivity contribution >= 4 is 28.6 Å². The minimum atomic E-state index is -2.60. The maximum absolute atomic E-state index is 12.6. The Hall–Kier alpha value is -0.790. The Morgan fingerprint density at radius 1 is 1.59 bits per heavy atom. The van der Waals surface area contributed by atoms with Crippen molar-refractivity contribution < 1.29 is 18.3 Å². The molecule has 1 aromatic heterocycles. The van der Waals surface area contributed by atoms with Gasteiger partial charge in [-0.2, -0.15) is 0 Å². The highest BCUT2D eigenvalue weighted by atomic mass is 127. The Bertz CT molecular complexity index is 424. The number of ether oxygens (including phenoxy) is 1. The Balaban J connectivity index is 2.96. The normalized spacial score (nSPS) is 10.7. The van der Waals surface area contributed by atoms with E-state index in [1.807, 2.05) is 22.6 Å². The molecule has 0 N–H and O–H groups in total. The summed E-state index contributed by atoms with van der Waals surface area (Å²) in [4.78, 5) is 15.0. The molecule has 0 amide bonds. The van der Waals surface area contributed by atoms with E-state index in [4.69, 9.17) is 4.74 Å². The highest BCUT2D eigenvalue weighted by molar-refractivity contribution is 14.1. The average molecular weight is 355 g/mol. The number of alkyl halides is 2. The van der Waals surface area contributed by atoms with Crippen molar-refractivity contribution in [3.05, 3.63) is 26.6 Å². The number of hydrogen-bond donors (Lipinski definition) is 0. The molecular weight excluding hydrogens is 343 g/mol. The first-order valence-electron chi connectivity index (χ1n) is 5.05. The molecule has 0 spiro atoms. The first-order valence-corrected chi connectivity index (χ1v) is 6.12. The van der Waals surface area contributed by atoms with Gasteiger partial charge in [0.05, 0.1) is 13.0 Å². The molecule has 0 bridgehead atoms. The number of halogens is 3. The van der Waals surface area contributed by atoms with Crippen LogP contribution in [-0.2, 0) is 16.0 Å². The van der Waals surface area contributed by atoms with E-state index >= 15 is 0 Å². The molecule has 17 heavy (non-hydrogen) atoms. The zero-order valence-corrected chi connectivity index (χ0v) is 11.6. The molecule has 0 radical (unpaired) electrons. The van der Waals surface area contributed by atoms with Crippen molar-refractivity contribution in [1.82, 2.24) is 4.98 Å². The van der Waals surface area contributed by atoms with E-state index in [1.165, 1.54) is 6.20 Å². The summed E-state index contributed by atoms with van der Waals surface area (Å²) in [5.74, 6) is -0.377. The second-order valence-electron chi connectivity index (χ2n) is 3.39. The van der Waals surface area contributed by atoms with Crippen molar-refractivity contribution in [2.75, 3.05) is 6.61 Å².